The summed E-state index contributed by atoms with van der Waals surface area (Å²) in [5.74, 6) is -1.17. The van der Waals surface area contributed by atoms with Crippen LogP contribution in [0, 0.1) is 24.0 Å². The van der Waals surface area contributed by atoms with Crippen molar-refractivity contribution in [3.63, 3.8) is 0 Å². The quantitative estimate of drug-likeness (QED) is 0.240. The van der Waals surface area contributed by atoms with Crippen molar-refractivity contribution in [3.05, 3.63) is 74.6 Å². The molecule has 0 aliphatic rings. The van der Waals surface area contributed by atoms with Crippen LogP contribution in [0.4, 0.5) is 5.69 Å². The van der Waals surface area contributed by atoms with E-state index in [9.17, 15) is 19.7 Å². The van der Waals surface area contributed by atoms with Gasteiger partial charge in [0.05, 0.1) is 15.5 Å². The Bertz CT molecular complexity index is 901. The maximum absolute atomic E-state index is 12.4. The summed E-state index contributed by atoms with van der Waals surface area (Å²) in [6.45, 7) is 7.47. The molecule has 0 aliphatic carbocycles. The third-order valence-electron chi connectivity index (χ3n) is 3.90. The molecule has 1 aromatic heterocycles. The Hall–Kier alpha value is -2.93. The number of ketones is 1. The Balaban J connectivity index is 2.10. The Morgan fingerprint density at radius 1 is 1.31 bits per heavy atom. The summed E-state index contributed by atoms with van der Waals surface area (Å²) in [6.07, 6.45) is 1.73. The summed E-state index contributed by atoms with van der Waals surface area (Å²) < 4.78 is 6.94. The van der Waals surface area contributed by atoms with E-state index < -0.39 is 17.5 Å². The van der Waals surface area contributed by atoms with Crippen LogP contribution in [0.2, 0.25) is 5.02 Å². The Labute approximate surface area is 155 Å². The zero-order chi connectivity index (χ0) is 19.4. The van der Waals surface area contributed by atoms with Crippen LogP contribution in [0.15, 0.2) is 36.9 Å². The highest BCUT2D eigenvalue weighted by Crippen LogP contribution is 2.23. The van der Waals surface area contributed by atoms with Crippen LogP contribution in [0.25, 0.3) is 0 Å². The van der Waals surface area contributed by atoms with E-state index in [0.29, 0.717) is 12.1 Å². The summed E-state index contributed by atoms with van der Waals surface area (Å²) in [5, 5.41) is 10.6. The lowest BCUT2D eigenvalue weighted by atomic mass is 10.1. The average Bonchev–Trinajstić information content (AvgIpc) is 2.87. The van der Waals surface area contributed by atoms with E-state index >= 15 is 0 Å². The molecule has 136 valence electrons. The van der Waals surface area contributed by atoms with Gasteiger partial charge in [-0.05, 0) is 26.0 Å². The smallest absolute Gasteiger partial charge is 0.340 e. The number of allylic oxidation sites excluding steroid dienone is 1. The van der Waals surface area contributed by atoms with Crippen molar-refractivity contribution in [2.45, 2.75) is 20.4 Å². The molecular formula is C18H17ClN2O5. The number of Topliss-reactive ketones (excluding diaryl/α,β-unsaturated/α-hetero) is 1. The first-order valence-corrected chi connectivity index (χ1v) is 8.06. The molecule has 0 spiro atoms. The summed E-state index contributed by atoms with van der Waals surface area (Å²) in [6, 6.07) is 5.13. The molecule has 0 atom stereocenters. The molecule has 0 fully saturated rings. The number of ether oxygens (including phenoxy) is 1. The van der Waals surface area contributed by atoms with E-state index in [1.54, 1.807) is 19.1 Å². The number of rotatable bonds is 7. The van der Waals surface area contributed by atoms with Crippen molar-refractivity contribution >= 4 is 29.0 Å². The van der Waals surface area contributed by atoms with Gasteiger partial charge in [0.15, 0.2) is 6.61 Å². The lowest BCUT2D eigenvalue weighted by Crippen LogP contribution is -2.15. The van der Waals surface area contributed by atoms with Gasteiger partial charge in [0.2, 0.25) is 5.78 Å². The first kappa shape index (κ1) is 19.4. The van der Waals surface area contributed by atoms with Gasteiger partial charge in [-0.3, -0.25) is 14.9 Å². The number of carbonyl (C=O) groups excluding carboxylic acids is 2. The average molecular weight is 377 g/mol. The molecule has 0 radical (unpaired) electrons. The van der Waals surface area contributed by atoms with Crippen molar-refractivity contribution < 1.29 is 19.2 Å². The minimum absolute atomic E-state index is 0.0396. The zero-order valence-electron chi connectivity index (χ0n) is 14.3. The first-order chi connectivity index (χ1) is 12.3. The van der Waals surface area contributed by atoms with Crippen molar-refractivity contribution in [2.75, 3.05) is 6.61 Å². The van der Waals surface area contributed by atoms with Gasteiger partial charge in [0, 0.05) is 35.6 Å². The van der Waals surface area contributed by atoms with Crippen LogP contribution >= 0.6 is 11.6 Å². The SMILES string of the molecule is C=CCn1c(C)cc(C(=O)COC(=O)c2ccc([N+](=O)[O-])cc2Cl)c1C. The normalized spacial score (nSPS) is 10.4. The number of benzene rings is 1. The van der Waals surface area contributed by atoms with E-state index in [4.69, 9.17) is 16.3 Å². The molecule has 1 aromatic carbocycles. The Kier molecular flexibility index (Phi) is 5.94. The third-order valence-corrected chi connectivity index (χ3v) is 4.22. The second-order valence-electron chi connectivity index (χ2n) is 5.60. The maximum Gasteiger partial charge on any atom is 0.340 e. The summed E-state index contributed by atoms with van der Waals surface area (Å²) in [4.78, 5) is 34.5. The molecule has 8 heteroatoms. The number of nitro benzene ring substituents is 1. The zero-order valence-corrected chi connectivity index (χ0v) is 15.1. The van der Waals surface area contributed by atoms with Crippen molar-refractivity contribution in [3.8, 4) is 0 Å². The number of aromatic nitrogens is 1. The number of halogens is 1. The van der Waals surface area contributed by atoms with Gasteiger partial charge >= 0.3 is 5.97 Å². The highest BCUT2D eigenvalue weighted by atomic mass is 35.5. The number of aryl methyl sites for hydroxylation is 1. The molecule has 26 heavy (non-hydrogen) atoms. The van der Waals surface area contributed by atoms with Crippen LogP contribution in [-0.4, -0.2) is 27.8 Å². The van der Waals surface area contributed by atoms with Gasteiger partial charge in [-0.2, -0.15) is 0 Å². The fourth-order valence-corrected chi connectivity index (χ4v) is 2.82. The molecule has 0 aliphatic heterocycles. The van der Waals surface area contributed by atoms with Gasteiger partial charge in [0.1, 0.15) is 0 Å². The molecule has 0 saturated heterocycles. The number of nitrogens with zero attached hydrogens (tertiary/aromatic N) is 2. The highest BCUT2D eigenvalue weighted by molar-refractivity contribution is 6.33. The molecule has 2 aromatic rings. The van der Waals surface area contributed by atoms with Crippen molar-refractivity contribution in [2.24, 2.45) is 0 Å². The largest absolute Gasteiger partial charge is 0.454 e. The predicted molar refractivity (Wildman–Crippen MR) is 96.8 cm³/mol. The van der Waals surface area contributed by atoms with Crippen molar-refractivity contribution in [1.82, 2.24) is 4.57 Å². The molecule has 0 saturated carbocycles. The predicted octanol–water partition coefficient (Wildman–Crippen LogP) is 3.89. The van der Waals surface area contributed by atoms with E-state index in [1.165, 1.54) is 6.07 Å². The molecule has 0 N–H and O–H groups in total. The lowest BCUT2D eigenvalue weighted by Gasteiger charge is -2.07. The van der Waals surface area contributed by atoms with E-state index in [1.807, 2.05) is 11.5 Å². The maximum atomic E-state index is 12.4. The minimum Gasteiger partial charge on any atom is -0.454 e. The van der Waals surface area contributed by atoms with Gasteiger partial charge in [-0.1, -0.05) is 17.7 Å². The van der Waals surface area contributed by atoms with Crippen LogP contribution < -0.4 is 0 Å². The summed E-state index contributed by atoms with van der Waals surface area (Å²) in [7, 11) is 0. The summed E-state index contributed by atoms with van der Waals surface area (Å²) in [5.41, 5.74) is 1.85. The van der Waals surface area contributed by atoms with Crippen LogP contribution in [0.5, 0.6) is 0 Å². The standard InChI is InChI=1S/C18H17ClN2O5/c1-4-7-20-11(2)8-15(12(20)3)17(22)10-26-18(23)14-6-5-13(21(24)25)9-16(14)19/h4-6,8-9H,1,7,10H2,2-3H3. The van der Waals surface area contributed by atoms with Crippen molar-refractivity contribution in [1.29, 1.82) is 0 Å². The van der Waals surface area contributed by atoms with Gasteiger partial charge in [-0.25, -0.2) is 4.79 Å². The molecule has 1 heterocycles. The lowest BCUT2D eigenvalue weighted by molar-refractivity contribution is -0.384. The number of hydrogen-bond acceptors (Lipinski definition) is 5. The Morgan fingerprint density at radius 2 is 2.00 bits per heavy atom. The number of nitro groups is 1. The van der Waals surface area contributed by atoms with Crippen LogP contribution in [0.1, 0.15) is 32.1 Å². The van der Waals surface area contributed by atoms with Crippen LogP contribution in [0.3, 0.4) is 0 Å². The molecular weight excluding hydrogens is 360 g/mol. The number of non-ortho nitro benzene ring substituents is 1. The number of carbonyl (C=O) groups is 2. The van der Waals surface area contributed by atoms with E-state index in [0.717, 1.165) is 23.5 Å². The topological polar surface area (TPSA) is 91.4 Å². The van der Waals surface area contributed by atoms with Gasteiger partial charge in [0.25, 0.3) is 5.69 Å². The summed E-state index contributed by atoms with van der Waals surface area (Å²) >= 11 is 5.88. The second-order valence-corrected chi connectivity index (χ2v) is 6.01. The fourth-order valence-electron chi connectivity index (χ4n) is 2.56. The first-order valence-electron chi connectivity index (χ1n) is 7.68. The molecule has 0 unspecified atom stereocenters. The van der Waals surface area contributed by atoms with Crippen LogP contribution in [-0.2, 0) is 11.3 Å². The minimum atomic E-state index is -0.821. The molecule has 0 bridgehead atoms. The third kappa shape index (κ3) is 4.00. The fraction of sp³-hybridized carbons (Fsp3) is 0.222. The van der Waals surface area contributed by atoms with Gasteiger partial charge < -0.3 is 9.30 Å². The molecule has 0 amide bonds. The number of esters is 1. The Morgan fingerprint density at radius 3 is 2.58 bits per heavy atom. The van der Waals surface area contributed by atoms with E-state index in [-0.39, 0.29) is 22.1 Å². The molecule has 7 nitrogen and oxygen atoms in total. The second kappa shape index (κ2) is 7.97. The number of hydrogen-bond donors (Lipinski definition) is 0. The monoisotopic (exact) mass is 376 g/mol. The van der Waals surface area contributed by atoms with E-state index in [2.05, 4.69) is 6.58 Å². The molecule has 2 rings (SSSR count). The highest BCUT2D eigenvalue weighted by Gasteiger charge is 2.20. The van der Waals surface area contributed by atoms with Gasteiger partial charge in [-0.15, -0.1) is 6.58 Å².